The first kappa shape index (κ1) is 25.1. The Kier molecular flexibility index (Phi) is 10.3. The Balaban J connectivity index is 0.00000420. The van der Waals surface area contributed by atoms with Crippen molar-refractivity contribution in [3.8, 4) is 5.75 Å². The largest absolute Gasteiger partial charge is 0.492 e. The van der Waals surface area contributed by atoms with Crippen LogP contribution in [0.2, 0.25) is 0 Å². The van der Waals surface area contributed by atoms with Crippen molar-refractivity contribution in [1.82, 2.24) is 20.4 Å². The predicted octanol–water partition coefficient (Wildman–Crippen LogP) is 3.50. The number of hydrogen-bond donors (Lipinski definition) is 2. The average Bonchev–Trinajstić information content (AvgIpc) is 2.88. The van der Waals surface area contributed by atoms with Gasteiger partial charge in [0.25, 0.3) is 0 Å². The highest BCUT2D eigenvalue weighted by atomic mass is 127. The van der Waals surface area contributed by atoms with Crippen LogP contribution in [-0.4, -0.2) is 41.5 Å². The number of ether oxygens (including phenoxy) is 1. The van der Waals surface area contributed by atoms with Crippen LogP contribution in [0, 0.1) is 25.5 Å². The number of aliphatic imine (C=N–C) groups is 1. The molecule has 1 aromatic heterocycles. The molecular formula is C20H30F2IN5O. The first-order chi connectivity index (χ1) is 13.3. The quantitative estimate of drug-likeness (QED) is 0.242. The van der Waals surface area contributed by atoms with E-state index in [9.17, 15) is 8.78 Å². The predicted molar refractivity (Wildman–Crippen MR) is 122 cm³/mol. The molecule has 0 saturated heterocycles. The third-order valence-corrected chi connectivity index (χ3v) is 4.42. The van der Waals surface area contributed by atoms with Crippen LogP contribution < -0.4 is 15.4 Å². The van der Waals surface area contributed by atoms with E-state index in [-0.39, 0.29) is 42.4 Å². The van der Waals surface area contributed by atoms with Crippen LogP contribution in [0.3, 0.4) is 0 Å². The molecular weight excluding hydrogens is 491 g/mol. The fraction of sp³-hybridized carbons (Fsp3) is 0.500. The lowest BCUT2D eigenvalue weighted by Gasteiger charge is -2.18. The number of halogens is 3. The summed E-state index contributed by atoms with van der Waals surface area (Å²) >= 11 is 0. The molecule has 2 rings (SSSR count). The van der Waals surface area contributed by atoms with Gasteiger partial charge in [0.1, 0.15) is 12.4 Å². The van der Waals surface area contributed by atoms with E-state index in [0.29, 0.717) is 12.5 Å². The third kappa shape index (κ3) is 7.45. The van der Waals surface area contributed by atoms with Crippen LogP contribution in [-0.2, 0) is 13.5 Å². The zero-order valence-electron chi connectivity index (χ0n) is 17.6. The van der Waals surface area contributed by atoms with E-state index < -0.39 is 11.6 Å². The minimum atomic E-state index is -0.925. The molecule has 0 aliphatic rings. The van der Waals surface area contributed by atoms with Crippen LogP contribution in [0.5, 0.6) is 5.75 Å². The molecule has 1 atom stereocenters. The summed E-state index contributed by atoms with van der Waals surface area (Å²) in [4.78, 5) is 4.48. The molecule has 0 saturated carbocycles. The lowest BCUT2D eigenvalue weighted by Crippen LogP contribution is -2.43. The number of hydrogen-bond acceptors (Lipinski definition) is 3. The van der Waals surface area contributed by atoms with E-state index in [1.165, 1.54) is 11.6 Å². The lowest BCUT2D eigenvalue weighted by atomic mass is 10.1. The summed E-state index contributed by atoms with van der Waals surface area (Å²) in [6, 6.07) is 3.63. The van der Waals surface area contributed by atoms with Gasteiger partial charge in [-0.25, -0.2) is 13.8 Å². The lowest BCUT2D eigenvalue weighted by molar-refractivity contribution is 0.325. The van der Waals surface area contributed by atoms with Crippen molar-refractivity contribution in [2.75, 3.05) is 19.7 Å². The van der Waals surface area contributed by atoms with Gasteiger partial charge in [0.05, 0.1) is 12.2 Å². The molecule has 2 N–H and O–H groups in total. The van der Waals surface area contributed by atoms with Crippen LogP contribution >= 0.6 is 24.0 Å². The van der Waals surface area contributed by atoms with E-state index in [0.717, 1.165) is 36.5 Å². The van der Waals surface area contributed by atoms with Crippen molar-refractivity contribution in [2.24, 2.45) is 12.0 Å². The Morgan fingerprint density at radius 2 is 2.00 bits per heavy atom. The highest BCUT2D eigenvalue weighted by Crippen LogP contribution is 2.15. The van der Waals surface area contributed by atoms with Crippen molar-refractivity contribution in [1.29, 1.82) is 0 Å². The maximum atomic E-state index is 13.2. The van der Waals surface area contributed by atoms with Crippen molar-refractivity contribution >= 4 is 29.9 Å². The maximum absolute atomic E-state index is 13.2. The molecule has 9 heteroatoms. The van der Waals surface area contributed by atoms with Gasteiger partial charge in [-0.15, -0.1) is 24.0 Å². The normalized spacial score (nSPS) is 12.3. The van der Waals surface area contributed by atoms with Gasteiger partial charge in [-0.1, -0.05) is 0 Å². The Morgan fingerprint density at radius 1 is 1.28 bits per heavy atom. The van der Waals surface area contributed by atoms with E-state index >= 15 is 0 Å². The van der Waals surface area contributed by atoms with Gasteiger partial charge < -0.3 is 15.4 Å². The Bertz CT molecular complexity index is 825. The van der Waals surface area contributed by atoms with Crippen LogP contribution in [0.1, 0.15) is 30.8 Å². The van der Waals surface area contributed by atoms with Gasteiger partial charge in [0.2, 0.25) is 0 Å². The van der Waals surface area contributed by atoms with Crippen LogP contribution in [0.15, 0.2) is 23.2 Å². The molecule has 1 aromatic carbocycles. The topological polar surface area (TPSA) is 63.5 Å². The van der Waals surface area contributed by atoms with Gasteiger partial charge in [-0.05, 0) is 51.8 Å². The molecule has 1 unspecified atom stereocenters. The third-order valence-electron chi connectivity index (χ3n) is 4.42. The molecule has 0 aliphatic heterocycles. The van der Waals surface area contributed by atoms with E-state index in [1.54, 1.807) is 0 Å². The molecule has 2 aromatic rings. The summed E-state index contributed by atoms with van der Waals surface area (Å²) in [6.45, 7) is 9.54. The van der Waals surface area contributed by atoms with Gasteiger partial charge in [0.15, 0.2) is 17.6 Å². The van der Waals surface area contributed by atoms with Gasteiger partial charge in [-0.2, -0.15) is 5.10 Å². The number of nitrogens with zero attached hydrogens (tertiary/aromatic N) is 3. The molecule has 1 heterocycles. The van der Waals surface area contributed by atoms with E-state index in [2.05, 4.69) is 34.6 Å². The molecule has 0 aliphatic carbocycles. The second-order valence-electron chi connectivity index (χ2n) is 6.71. The highest BCUT2D eigenvalue weighted by Gasteiger charge is 2.14. The van der Waals surface area contributed by atoms with E-state index in [4.69, 9.17) is 4.74 Å². The molecule has 6 nitrogen and oxygen atoms in total. The summed E-state index contributed by atoms with van der Waals surface area (Å²) in [7, 11) is 1.95. The maximum Gasteiger partial charge on any atom is 0.191 e. The first-order valence-electron chi connectivity index (χ1n) is 9.43. The zero-order valence-corrected chi connectivity index (χ0v) is 19.9. The number of aromatic nitrogens is 2. The monoisotopic (exact) mass is 521 g/mol. The van der Waals surface area contributed by atoms with Crippen molar-refractivity contribution < 1.29 is 13.5 Å². The number of nitrogens with one attached hydrogen (secondary N) is 2. The Labute approximate surface area is 188 Å². The summed E-state index contributed by atoms with van der Waals surface area (Å²) < 4.78 is 33.4. The highest BCUT2D eigenvalue weighted by molar-refractivity contribution is 14.0. The Morgan fingerprint density at radius 3 is 2.59 bits per heavy atom. The summed E-state index contributed by atoms with van der Waals surface area (Å²) in [5, 5.41) is 11.0. The standard InChI is InChI=1S/C20H29F2N5O.HI/c1-6-23-20(24-9-10-28-16-7-8-18(21)19(22)12-16)25-13(2)11-17-14(3)26-27(5)15(17)4;/h7-8,12-13H,6,9-11H2,1-5H3,(H2,23,24,25);1H. The van der Waals surface area contributed by atoms with Gasteiger partial charge in [-0.3, -0.25) is 4.68 Å². The molecule has 29 heavy (non-hydrogen) atoms. The minimum absolute atomic E-state index is 0. The number of benzene rings is 1. The molecule has 0 radical (unpaired) electrons. The summed E-state index contributed by atoms with van der Waals surface area (Å²) in [5.41, 5.74) is 3.43. The molecule has 0 bridgehead atoms. The number of aryl methyl sites for hydroxylation is 2. The summed E-state index contributed by atoms with van der Waals surface area (Å²) in [5.74, 6) is -0.853. The average molecular weight is 521 g/mol. The van der Waals surface area contributed by atoms with E-state index in [1.807, 2.05) is 25.6 Å². The Hall–Kier alpha value is -1.91. The summed E-state index contributed by atoms with van der Waals surface area (Å²) in [6.07, 6.45) is 0.835. The molecule has 162 valence electrons. The van der Waals surface area contributed by atoms with Gasteiger partial charge in [0, 0.05) is 31.4 Å². The fourth-order valence-corrected chi connectivity index (χ4v) is 2.91. The fourth-order valence-electron chi connectivity index (χ4n) is 2.91. The second-order valence-corrected chi connectivity index (χ2v) is 6.71. The SMILES string of the molecule is CCNC(=NCCOc1ccc(F)c(F)c1)NC(C)Cc1c(C)nn(C)c1C.I. The number of rotatable bonds is 8. The van der Waals surface area contributed by atoms with Crippen LogP contribution in [0.25, 0.3) is 0 Å². The zero-order chi connectivity index (χ0) is 20.7. The number of guanidine groups is 1. The van der Waals surface area contributed by atoms with Crippen molar-refractivity contribution in [3.05, 3.63) is 46.8 Å². The van der Waals surface area contributed by atoms with Gasteiger partial charge >= 0.3 is 0 Å². The molecule has 0 spiro atoms. The second kappa shape index (κ2) is 11.9. The van der Waals surface area contributed by atoms with Crippen molar-refractivity contribution in [2.45, 2.75) is 40.2 Å². The minimum Gasteiger partial charge on any atom is -0.492 e. The molecule has 0 fully saturated rings. The van der Waals surface area contributed by atoms with Crippen molar-refractivity contribution in [3.63, 3.8) is 0 Å². The van der Waals surface area contributed by atoms with Crippen LogP contribution in [0.4, 0.5) is 8.78 Å². The molecule has 0 amide bonds. The smallest absolute Gasteiger partial charge is 0.191 e. The first-order valence-corrected chi connectivity index (χ1v) is 9.43.